The second-order valence-electron chi connectivity index (χ2n) is 5.56. The summed E-state index contributed by atoms with van der Waals surface area (Å²) in [4.78, 5) is 17.5. The van der Waals surface area contributed by atoms with Crippen molar-refractivity contribution >= 4 is 12.1 Å². The smallest absolute Gasteiger partial charge is 0.151 e. The summed E-state index contributed by atoms with van der Waals surface area (Å²) in [5.41, 5.74) is 1.74. The van der Waals surface area contributed by atoms with Crippen LogP contribution < -0.4 is 4.90 Å². The van der Waals surface area contributed by atoms with E-state index in [-0.39, 0.29) is 0 Å². The first-order chi connectivity index (χ1) is 8.61. The average molecular weight is 246 g/mol. The maximum absolute atomic E-state index is 10.7. The molecule has 0 radical (unpaired) electrons. The molecule has 1 heterocycles. The maximum atomic E-state index is 10.7. The van der Waals surface area contributed by atoms with Crippen LogP contribution >= 0.6 is 0 Å². The molecule has 1 aromatic rings. The van der Waals surface area contributed by atoms with Gasteiger partial charge in [0.25, 0.3) is 0 Å². The molecule has 2 unspecified atom stereocenters. The number of aldehydes is 1. The quantitative estimate of drug-likeness (QED) is 0.768. The van der Waals surface area contributed by atoms with Gasteiger partial charge in [-0.15, -0.1) is 0 Å². The van der Waals surface area contributed by atoms with Crippen LogP contribution in [0, 0.1) is 12.8 Å². The Labute approximate surface area is 109 Å². The lowest BCUT2D eigenvalue weighted by molar-refractivity contribution is 0.112. The normalized spacial score (nSPS) is 23.7. The highest BCUT2D eigenvalue weighted by Crippen LogP contribution is 2.30. The number of carbonyl (C=O) groups is 1. The summed E-state index contributed by atoms with van der Waals surface area (Å²) in [5, 5.41) is 0. The molecule has 98 valence electrons. The molecular formula is C15H22N2O. The Balaban J connectivity index is 2.17. The van der Waals surface area contributed by atoms with Crippen LogP contribution in [0.3, 0.4) is 0 Å². The van der Waals surface area contributed by atoms with Gasteiger partial charge in [0, 0.05) is 24.8 Å². The summed E-state index contributed by atoms with van der Waals surface area (Å²) >= 11 is 0. The highest BCUT2D eigenvalue weighted by Gasteiger charge is 2.23. The minimum absolute atomic E-state index is 0.585. The minimum Gasteiger partial charge on any atom is -0.356 e. The van der Waals surface area contributed by atoms with Gasteiger partial charge in [0.05, 0.1) is 0 Å². The summed E-state index contributed by atoms with van der Waals surface area (Å²) in [5.74, 6) is 1.82. The van der Waals surface area contributed by atoms with Crippen LogP contribution in [0.25, 0.3) is 0 Å². The van der Waals surface area contributed by atoms with Gasteiger partial charge in [0.1, 0.15) is 5.82 Å². The summed E-state index contributed by atoms with van der Waals surface area (Å²) < 4.78 is 0. The Morgan fingerprint density at radius 3 is 2.83 bits per heavy atom. The SMILES string of the molecule is Cc1cc(C=O)cnc1N(C)C1CCCC(C)C1. The fourth-order valence-electron chi connectivity index (χ4n) is 2.95. The number of anilines is 1. The zero-order chi connectivity index (χ0) is 13.1. The lowest BCUT2D eigenvalue weighted by Gasteiger charge is -2.35. The molecule has 0 saturated heterocycles. The first-order valence-electron chi connectivity index (χ1n) is 6.76. The van der Waals surface area contributed by atoms with E-state index in [0.717, 1.165) is 23.6 Å². The predicted octanol–water partition coefficient (Wildman–Crippen LogP) is 3.22. The third-order valence-corrected chi connectivity index (χ3v) is 4.00. The maximum Gasteiger partial charge on any atom is 0.151 e. The van der Waals surface area contributed by atoms with E-state index < -0.39 is 0 Å². The van der Waals surface area contributed by atoms with E-state index in [4.69, 9.17) is 0 Å². The van der Waals surface area contributed by atoms with Crippen LogP contribution in [-0.4, -0.2) is 24.4 Å². The van der Waals surface area contributed by atoms with Gasteiger partial charge in [-0.25, -0.2) is 4.98 Å². The van der Waals surface area contributed by atoms with Crippen molar-refractivity contribution in [1.82, 2.24) is 4.98 Å². The van der Waals surface area contributed by atoms with Crippen LogP contribution in [0.4, 0.5) is 5.82 Å². The topological polar surface area (TPSA) is 33.2 Å². The number of nitrogens with zero attached hydrogens (tertiary/aromatic N) is 2. The Hall–Kier alpha value is -1.38. The van der Waals surface area contributed by atoms with Crippen LogP contribution in [0.5, 0.6) is 0 Å². The highest BCUT2D eigenvalue weighted by atomic mass is 16.1. The molecular weight excluding hydrogens is 224 g/mol. The van der Waals surface area contributed by atoms with E-state index in [2.05, 4.69) is 23.9 Å². The molecule has 0 amide bonds. The van der Waals surface area contributed by atoms with Crippen molar-refractivity contribution < 1.29 is 4.79 Å². The van der Waals surface area contributed by atoms with E-state index in [1.165, 1.54) is 25.7 Å². The van der Waals surface area contributed by atoms with Gasteiger partial charge in [-0.2, -0.15) is 0 Å². The summed E-state index contributed by atoms with van der Waals surface area (Å²) in [6.45, 7) is 4.36. The van der Waals surface area contributed by atoms with Crippen molar-refractivity contribution in [1.29, 1.82) is 0 Å². The zero-order valence-corrected chi connectivity index (χ0v) is 11.5. The Kier molecular flexibility index (Phi) is 4.00. The Morgan fingerprint density at radius 2 is 2.22 bits per heavy atom. The lowest BCUT2D eigenvalue weighted by Crippen LogP contribution is -2.36. The number of carbonyl (C=O) groups excluding carboxylic acids is 1. The van der Waals surface area contributed by atoms with Gasteiger partial charge in [-0.1, -0.05) is 19.8 Å². The van der Waals surface area contributed by atoms with Gasteiger partial charge < -0.3 is 4.90 Å². The van der Waals surface area contributed by atoms with Crippen LogP contribution in [0.2, 0.25) is 0 Å². The molecule has 0 spiro atoms. The number of rotatable bonds is 3. The van der Waals surface area contributed by atoms with Crippen LogP contribution in [0.1, 0.15) is 48.5 Å². The van der Waals surface area contributed by atoms with E-state index in [0.29, 0.717) is 11.6 Å². The minimum atomic E-state index is 0.585. The molecule has 3 heteroatoms. The third kappa shape index (κ3) is 2.71. The van der Waals surface area contributed by atoms with E-state index >= 15 is 0 Å². The van der Waals surface area contributed by atoms with Crippen molar-refractivity contribution in [3.8, 4) is 0 Å². The second kappa shape index (κ2) is 5.51. The van der Waals surface area contributed by atoms with Gasteiger partial charge in [-0.3, -0.25) is 4.79 Å². The largest absolute Gasteiger partial charge is 0.356 e. The van der Waals surface area contributed by atoms with E-state index in [1.807, 2.05) is 13.0 Å². The van der Waals surface area contributed by atoms with Crippen molar-refractivity contribution in [2.24, 2.45) is 5.92 Å². The number of aromatic nitrogens is 1. The van der Waals surface area contributed by atoms with Gasteiger partial charge in [0.15, 0.2) is 6.29 Å². The average Bonchev–Trinajstić information content (AvgIpc) is 2.37. The number of aryl methyl sites for hydroxylation is 1. The lowest BCUT2D eigenvalue weighted by atomic mass is 9.86. The van der Waals surface area contributed by atoms with Gasteiger partial charge >= 0.3 is 0 Å². The van der Waals surface area contributed by atoms with Crippen molar-refractivity contribution in [2.75, 3.05) is 11.9 Å². The molecule has 0 aromatic carbocycles. The van der Waals surface area contributed by atoms with E-state index in [1.54, 1.807) is 6.20 Å². The first kappa shape index (κ1) is 13.1. The monoisotopic (exact) mass is 246 g/mol. The molecule has 0 N–H and O–H groups in total. The summed E-state index contributed by atoms with van der Waals surface area (Å²) in [6.07, 6.45) is 7.66. The van der Waals surface area contributed by atoms with E-state index in [9.17, 15) is 4.79 Å². The molecule has 1 aromatic heterocycles. The van der Waals surface area contributed by atoms with Crippen molar-refractivity contribution in [3.05, 3.63) is 23.4 Å². The summed E-state index contributed by atoms with van der Waals surface area (Å²) in [7, 11) is 2.12. The molecule has 2 rings (SSSR count). The first-order valence-corrected chi connectivity index (χ1v) is 6.76. The molecule has 1 aliphatic rings. The van der Waals surface area contributed by atoms with Crippen molar-refractivity contribution in [2.45, 2.75) is 45.6 Å². The number of hydrogen-bond acceptors (Lipinski definition) is 3. The molecule has 2 atom stereocenters. The molecule has 0 bridgehead atoms. The fraction of sp³-hybridized carbons (Fsp3) is 0.600. The predicted molar refractivity (Wildman–Crippen MR) is 74.2 cm³/mol. The standard InChI is InChI=1S/C15H22N2O/c1-11-5-4-6-14(7-11)17(3)15-12(2)8-13(10-18)9-16-15/h8-11,14H,4-7H2,1-3H3. The van der Waals surface area contributed by atoms with Crippen molar-refractivity contribution in [3.63, 3.8) is 0 Å². The van der Waals surface area contributed by atoms with Crippen LogP contribution in [-0.2, 0) is 0 Å². The molecule has 18 heavy (non-hydrogen) atoms. The summed E-state index contributed by atoms with van der Waals surface area (Å²) in [6, 6.07) is 2.50. The highest BCUT2D eigenvalue weighted by molar-refractivity contribution is 5.75. The molecule has 1 fully saturated rings. The van der Waals surface area contributed by atoms with Gasteiger partial charge in [-0.05, 0) is 37.3 Å². The molecule has 1 aliphatic carbocycles. The molecule has 1 saturated carbocycles. The molecule has 3 nitrogen and oxygen atoms in total. The van der Waals surface area contributed by atoms with Crippen LogP contribution in [0.15, 0.2) is 12.3 Å². The second-order valence-corrected chi connectivity index (χ2v) is 5.56. The third-order valence-electron chi connectivity index (χ3n) is 4.00. The zero-order valence-electron chi connectivity index (χ0n) is 11.5. The molecule has 0 aliphatic heterocycles. The Bertz CT molecular complexity index is 431. The van der Waals surface area contributed by atoms with Gasteiger partial charge in [0.2, 0.25) is 0 Å². The number of pyridine rings is 1. The fourth-order valence-corrected chi connectivity index (χ4v) is 2.95. The Morgan fingerprint density at radius 1 is 1.44 bits per heavy atom. The number of hydrogen-bond donors (Lipinski definition) is 0.